The molecule has 3 aliphatic rings. The van der Waals surface area contributed by atoms with E-state index in [-0.39, 0.29) is 23.4 Å². The van der Waals surface area contributed by atoms with Crippen LogP contribution in [-0.4, -0.2) is 35.3 Å². The standard InChI is InChI=1S/C20H13NO3/c1-21-16-10-6-2-3-7-11(10)20(24)17(21)15-14(16)18(22)12-8-4-5-9-13(12)19(15)23/h2-9,16-17H,1H3/t16-,17+/m0/s1. The molecule has 0 amide bonds. The van der Waals surface area contributed by atoms with Gasteiger partial charge in [0.15, 0.2) is 17.3 Å². The molecule has 2 heterocycles. The molecule has 2 aromatic rings. The first kappa shape index (κ1) is 13.6. The first-order valence-electron chi connectivity index (χ1n) is 7.89. The van der Waals surface area contributed by atoms with Crippen molar-refractivity contribution in [3.63, 3.8) is 0 Å². The summed E-state index contributed by atoms with van der Waals surface area (Å²) in [5, 5.41) is 0. The molecule has 2 atom stereocenters. The normalized spacial score (nSPS) is 24.8. The highest BCUT2D eigenvalue weighted by Crippen LogP contribution is 2.50. The zero-order valence-electron chi connectivity index (χ0n) is 12.9. The maximum absolute atomic E-state index is 13.1. The molecule has 4 nitrogen and oxygen atoms in total. The summed E-state index contributed by atoms with van der Waals surface area (Å²) in [5.41, 5.74) is 3.11. The molecule has 1 aliphatic carbocycles. The molecule has 0 aromatic heterocycles. The molecule has 2 aliphatic heterocycles. The van der Waals surface area contributed by atoms with Crippen LogP contribution in [0, 0.1) is 0 Å². The number of ketones is 3. The van der Waals surface area contributed by atoms with Crippen molar-refractivity contribution in [2.75, 3.05) is 7.05 Å². The Balaban J connectivity index is 1.83. The SMILES string of the molecule is CN1[C@H]2C(=O)c3ccccc3[C@H]1C1=C2C(=O)c2ccccc2C1=O. The monoisotopic (exact) mass is 315 g/mol. The van der Waals surface area contributed by atoms with Gasteiger partial charge in [-0.1, -0.05) is 48.5 Å². The Bertz CT molecular complexity index is 1000. The van der Waals surface area contributed by atoms with E-state index >= 15 is 0 Å². The average molecular weight is 315 g/mol. The van der Waals surface area contributed by atoms with Gasteiger partial charge in [0, 0.05) is 27.8 Å². The van der Waals surface area contributed by atoms with Crippen LogP contribution >= 0.6 is 0 Å². The van der Waals surface area contributed by atoms with Crippen molar-refractivity contribution in [1.82, 2.24) is 4.90 Å². The second-order valence-corrected chi connectivity index (χ2v) is 6.45. The fourth-order valence-corrected chi connectivity index (χ4v) is 4.31. The maximum atomic E-state index is 13.1. The number of carbonyl (C=O) groups excluding carboxylic acids is 3. The molecule has 24 heavy (non-hydrogen) atoms. The third kappa shape index (κ3) is 1.40. The van der Waals surface area contributed by atoms with Crippen molar-refractivity contribution in [1.29, 1.82) is 0 Å². The largest absolute Gasteiger partial charge is 0.292 e. The highest BCUT2D eigenvalue weighted by atomic mass is 16.1. The molecule has 0 unspecified atom stereocenters. The zero-order chi connectivity index (χ0) is 16.6. The van der Waals surface area contributed by atoms with Crippen LogP contribution in [0.4, 0.5) is 0 Å². The van der Waals surface area contributed by atoms with E-state index in [1.54, 1.807) is 30.3 Å². The molecule has 0 saturated carbocycles. The van der Waals surface area contributed by atoms with Crippen LogP contribution in [0.25, 0.3) is 0 Å². The first-order valence-corrected chi connectivity index (χ1v) is 7.89. The van der Waals surface area contributed by atoms with Gasteiger partial charge < -0.3 is 0 Å². The average Bonchev–Trinajstić information content (AvgIpc) is 2.85. The van der Waals surface area contributed by atoms with Gasteiger partial charge in [0.1, 0.15) is 6.04 Å². The number of hydrogen-bond acceptors (Lipinski definition) is 4. The molecule has 0 fully saturated rings. The van der Waals surface area contributed by atoms with E-state index in [2.05, 4.69) is 0 Å². The summed E-state index contributed by atoms with van der Waals surface area (Å²) < 4.78 is 0. The first-order chi connectivity index (χ1) is 11.6. The van der Waals surface area contributed by atoms with E-state index in [1.807, 2.05) is 30.1 Å². The Morgan fingerprint density at radius 1 is 0.708 bits per heavy atom. The third-order valence-electron chi connectivity index (χ3n) is 5.33. The Morgan fingerprint density at radius 2 is 1.21 bits per heavy atom. The number of fused-ring (bicyclic) bond motifs is 7. The summed E-state index contributed by atoms with van der Waals surface area (Å²) >= 11 is 0. The molecule has 4 heteroatoms. The molecule has 0 N–H and O–H groups in total. The van der Waals surface area contributed by atoms with Crippen molar-refractivity contribution in [3.05, 3.63) is 81.9 Å². The second kappa shape index (κ2) is 4.36. The van der Waals surface area contributed by atoms with Crippen LogP contribution < -0.4 is 0 Å². The summed E-state index contributed by atoms with van der Waals surface area (Å²) in [6, 6.07) is 13.2. The van der Waals surface area contributed by atoms with E-state index < -0.39 is 6.04 Å². The predicted octanol–water partition coefficient (Wildman–Crippen LogP) is 2.61. The van der Waals surface area contributed by atoms with Crippen LogP contribution in [0.5, 0.6) is 0 Å². The van der Waals surface area contributed by atoms with E-state index in [1.165, 1.54) is 0 Å². The van der Waals surface area contributed by atoms with Gasteiger partial charge in [0.2, 0.25) is 0 Å². The number of nitrogens with zero attached hydrogens (tertiary/aromatic N) is 1. The second-order valence-electron chi connectivity index (χ2n) is 6.45. The topological polar surface area (TPSA) is 54.5 Å². The minimum absolute atomic E-state index is 0.102. The van der Waals surface area contributed by atoms with Crippen molar-refractivity contribution < 1.29 is 14.4 Å². The van der Waals surface area contributed by atoms with Crippen LogP contribution in [0.2, 0.25) is 0 Å². The molecular formula is C20H13NO3. The van der Waals surface area contributed by atoms with Gasteiger partial charge in [-0.05, 0) is 12.6 Å². The van der Waals surface area contributed by atoms with E-state index in [4.69, 9.17) is 0 Å². The highest BCUT2D eigenvalue weighted by molar-refractivity contribution is 6.31. The van der Waals surface area contributed by atoms with Gasteiger partial charge in [0.25, 0.3) is 0 Å². The van der Waals surface area contributed by atoms with E-state index in [9.17, 15) is 14.4 Å². The smallest absolute Gasteiger partial charge is 0.192 e. The van der Waals surface area contributed by atoms with E-state index in [0.717, 1.165) is 5.56 Å². The van der Waals surface area contributed by atoms with Crippen LogP contribution in [-0.2, 0) is 0 Å². The number of Topliss-reactive ketones (excluding diaryl/α,β-unsaturated/α-hetero) is 3. The minimum Gasteiger partial charge on any atom is -0.292 e. The number of benzene rings is 2. The lowest BCUT2D eigenvalue weighted by Crippen LogP contribution is -2.42. The lowest BCUT2D eigenvalue weighted by Gasteiger charge is -2.33. The summed E-state index contributed by atoms with van der Waals surface area (Å²) in [6.45, 7) is 0. The van der Waals surface area contributed by atoms with Crippen LogP contribution in [0.1, 0.15) is 42.7 Å². The van der Waals surface area contributed by atoms with Gasteiger partial charge in [0.05, 0.1) is 6.04 Å². The Morgan fingerprint density at radius 3 is 1.83 bits per heavy atom. The fraction of sp³-hybridized carbons (Fsp3) is 0.150. The number of carbonyl (C=O) groups is 3. The number of rotatable bonds is 0. The Labute approximate surface area is 138 Å². The lowest BCUT2D eigenvalue weighted by atomic mass is 9.81. The maximum Gasteiger partial charge on any atom is 0.192 e. The number of likely N-dealkylation sites (N-methyl/N-ethyl adjacent to an activating group) is 1. The van der Waals surface area contributed by atoms with Gasteiger partial charge >= 0.3 is 0 Å². The molecular weight excluding hydrogens is 302 g/mol. The molecule has 0 spiro atoms. The summed E-state index contributed by atoms with van der Waals surface area (Å²) in [6.07, 6.45) is 0. The van der Waals surface area contributed by atoms with Crippen LogP contribution in [0.3, 0.4) is 0 Å². The van der Waals surface area contributed by atoms with Crippen molar-refractivity contribution in [3.8, 4) is 0 Å². The van der Waals surface area contributed by atoms with Gasteiger partial charge in [-0.25, -0.2) is 0 Å². The molecule has 0 saturated heterocycles. The van der Waals surface area contributed by atoms with Gasteiger partial charge in [-0.3, -0.25) is 19.3 Å². The van der Waals surface area contributed by atoms with Crippen LogP contribution in [0.15, 0.2) is 59.7 Å². The quantitative estimate of drug-likeness (QED) is 0.750. The lowest BCUT2D eigenvalue weighted by molar-refractivity contribution is 0.0826. The fourth-order valence-electron chi connectivity index (χ4n) is 4.31. The molecule has 0 radical (unpaired) electrons. The van der Waals surface area contributed by atoms with Gasteiger partial charge in [-0.15, -0.1) is 0 Å². The van der Waals surface area contributed by atoms with Crippen molar-refractivity contribution in [2.45, 2.75) is 12.1 Å². The molecule has 2 aromatic carbocycles. The van der Waals surface area contributed by atoms with Crippen molar-refractivity contribution in [2.24, 2.45) is 0 Å². The predicted molar refractivity (Wildman–Crippen MR) is 87.2 cm³/mol. The molecule has 116 valence electrons. The van der Waals surface area contributed by atoms with Gasteiger partial charge in [-0.2, -0.15) is 0 Å². The Kier molecular flexibility index (Phi) is 2.47. The minimum atomic E-state index is -0.662. The summed E-state index contributed by atoms with van der Waals surface area (Å²) in [4.78, 5) is 41.0. The summed E-state index contributed by atoms with van der Waals surface area (Å²) in [5.74, 6) is -0.431. The Hall–Kier alpha value is -2.85. The number of hydrogen-bond donors (Lipinski definition) is 0. The molecule has 2 bridgehead atoms. The third-order valence-corrected chi connectivity index (χ3v) is 5.33. The summed E-state index contributed by atoms with van der Waals surface area (Å²) in [7, 11) is 1.81. The molecule has 5 rings (SSSR count). The van der Waals surface area contributed by atoms with E-state index in [0.29, 0.717) is 27.8 Å². The van der Waals surface area contributed by atoms with Crippen molar-refractivity contribution >= 4 is 17.3 Å². The highest BCUT2D eigenvalue weighted by Gasteiger charge is 2.54. The zero-order valence-corrected chi connectivity index (χ0v) is 12.9.